The lowest BCUT2D eigenvalue weighted by atomic mass is 9.91. The second kappa shape index (κ2) is 5.64. The summed E-state index contributed by atoms with van der Waals surface area (Å²) in [7, 11) is -3.67. The molecule has 1 aliphatic heterocycles. The van der Waals surface area contributed by atoms with Gasteiger partial charge in [0.05, 0.1) is 6.26 Å². The standard InChI is InChI=1S/C14H15FN2.CH4O3S/c15-9-4-5-13-11(8-9)10-2-1-3-12-14(10)17(13)7-6-16-12;1-5(2,3)4/h4-5,8,12,16H,1-3,6-7H2;1H3,(H,2,3,4). The van der Waals surface area contributed by atoms with Crippen molar-refractivity contribution in [2.45, 2.75) is 31.8 Å². The van der Waals surface area contributed by atoms with Gasteiger partial charge in [0, 0.05) is 35.7 Å². The van der Waals surface area contributed by atoms with Crippen LogP contribution in [0.2, 0.25) is 0 Å². The summed E-state index contributed by atoms with van der Waals surface area (Å²) in [5.41, 5.74) is 4.01. The van der Waals surface area contributed by atoms with Crippen LogP contribution in [0.5, 0.6) is 0 Å². The molecule has 1 aromatic heterocycles. The van der Waals surface area contributed by atoms with E-state index in [9.17, 15) is 12.8 Å². The third-order valence-corrected chi connectivity index (χ3v) is 4.15. The maximum atomic E-state index is 13.4. The largest absolute Gasteiger partial charge is 0.342 e. The Morgan fingerprint density at radius 1 is 1.41 bits per heavy atom. The van der Waals surface area contributed by atoms with Crippen molar-refractivity contribution in [1.29, 1.82) is 0 Å². The topological polar surface area (TPSA) is 71.3 Å². The number of hydrogen-bond acceptors (Lipinski definition) is 3. The van der Waals surface area contributed by atoms with E-state index >= 15 is 0 Å². The first-order chi connectivity index (χ1) is 10.3. The number of rotatable bonds is 0. The Bertz CT molecular complexity index is 804. The van der Waals surface area contributed by atoms with Gasteiger partial charge in [-0.3, -0.25) is 4.55 Å². The van der Waals surface area contributed by atoms with Crippen molar-refractivity contribution in [1.82, 2.24) is 9.88 Å². The van der Waals surface area contributed by atoms with E-state index in [1.165, 1.54) is 29.6 Å². The smallest absolute Gasteiger partial charge is 0.261 e. The molecule has 1 aliphatic carbocycles. The van der Waals surface area contributed by atoms with Gasteiger partial charge in [0.15, 0.2) is 0 Å². The molecule has 0 saturated heterocycles. The van der Waals surface area contributed by atoms with E-state index in [-0.39, 0.29) is 5.82 Å². The minimum atomic E-state index is -3.67. The predicted molar refractivity (Wildman–Crippen MR) is 83.1 cm³/mol. The molecule has 2 heterocycles. The molecule has 22 heavy (non-hydrogen) atoms. The van der Waals surface area contributed by atoms with Crippen molar-refractivity contribution in [3.8, 4) is 0 Å². The highest BCUT2D eigenvalue weighted by Gasteiger charge is 2.29. The molecular weight excluding hydrogens is 307 g/mol. The first-order valence-electron chi connectivity index (χ1n) is 7.31. The summed E-state index contributed by atoms with van der Waals surface area (Å²) in [5, 5.41) is 4.71. The lowest BCUT2D eigenvalue weighted by Crippen LogP contribution is -2.35. The molecule has 1 atom stereocenters. The molecule has 0 amide bonds. The van der Waals surface area contributed by atoms with E-state index in [0.29, 0.717) is 12.3 Å². The highest BCUT2D eigenvalue weighted by molar-refractivity contribution is 7.85. The third-order valence-electron chi connectivity index (χ3n) is 4.15. The fourth-order valence-corrected chi connectivity index (χ4v) is 3.49. The lowest BCUT2D eigenvalue weighted by Gasteiger charge is -2.31. The van der Waals surface area contributed by atoms with Gasteiger partial charge >= 0.3 is 0 Å². The average molecular weight is 326 g/mol. The van der Waals surface area contributed by atoms with E-state index in [1.54, 1.807) is 12.1 Å². The van der Waals surface area contributed by atoms with Gasteiger partial charge < -0.3 is 9.88 Å². The minimum absolute atomic E-state index is 0.119. The van der Waals surface area contributed by atoms with Crippen LogP contribution in [0.15, 0.2) is 18.2 Å². The highest BCUT2D eigenvalue weighted by atomic mass is 32.2. The van der Waals surface area contributed by atoms with E-state index in [4.69, 9.17) is 4.55 Å². The summed E-state index contributed by atoms with van der Waals surface area (Å²) >= 11 is 0. The van der Waals surface area contributed by atoms with E-state index in [2.05, 4.69) is 9.88 Å². The van der Waals surface area contributed by atoms with Crippen molar-refractivity contribution in [2.24, 2.45) is 0 Å². The Balaban J connectivity index is 0.000000254. The number of benzene rings is 1. The summed E-state index contributed by atoms with van der Waals surface area (Å²) in [6, 6.07) is 5.71. The zero-order valence-electron chi connectivity index (χ0n) is 12.3. The van der Waals surface area contributed by atoms with E-state index in [1.807, 2.05) is 6.07 Å². The molecule has 0 bridgehead atoms. The van der Waals surface area contributed by atoms with E-state index in [0.717, 1.165) is 24.9 Å². The zero-order chi connectivity index (χ0) is 15.9. The van der Waals surface area contributed by atoms with Crippen LogP contribution >= 0.6 is 0 Å². The zero-order valence-corrected chi connectivity index (χ0v) is 13.2. The fourth-order valence-electron chi connectivity index (χ4n) is 3.49. The average Bonchev–Trinajstić information content (AvgIpc) is 2.74. The summed E-state index contributed by atoms with van der Waals surface area (Å²) < 4.78 is 41.7. The van der Waals surface area contributed by atoms with Gasteiger partial charge in [0.25, 0.3) is 10.1 Å². The molecule has 1 unspecified atom stereocenters. The molecule has 120 valence electrons. The first kappa shape index (κ1) is 15.5. The predicted octanol–water partition coefficient (Wildman–Crippen LogP) is 2.27. The molecule has 0 saturated carbocycles. The van der Waals surface area contributed by atoms with Gasteiger partial charge in [0.1, 0.15) is 5.82 Å². The van der Waals surface area contributed by atoms with Crippen LogP contribution in [0.25, 0.3) is 10.9 Å². The first-order valence-corrected chi connectivity index (χ1v) is 9.16. The maximum absolute atomic E-state index is 13.4. The summed E-state index contributed by atoms with van der Waals surface area (Å²) in [4.78, 5) is 0. The normalized spacial score (nSPS) is 20.2. The Morgan fingerprint density at radius 3 is 2.86 bits per heavy atom. The van der Waals surface area contributed by atoms with Crippen molar-refractivity contribution >= 4 is 21.0 Å². The van der Waals surface area contributed by atoms with Crippen LogP contribution in [-0.2, 0) is 23.1 Å². The second-order valence-electron chi connectivity index (χ2n) is 5.81. The summed E-state index contributed by atoms with van der Waals surface area (Å²) in [6.45, 7) is 2.03. The fraction of sp³-hybridized carbons (Fsp3) is 0.467. The van der Waals surface area contributed by atoms with Crippen molar-refractivity contribution in [2.75, 3.05) is 12.8 Å². The number of hydrogen-bond donors (Lipinski definition) is 2. The van der Waals surface area contributed by atoms with Gasteiger partial charge in [0.2, 0.25) is 0 Å². The summed E-state index contributed by atoms with van der Waals surface area (Å²) in [5.74, 6) is -0.119. The van der Waals surface area contributed by atoms with Crippen LogP contribution < -0.4 is 5.32 Å². The molecule has 0 fully saturated rings. The number of fused-ring (bicyclic) bond motifs is 3. The van der Waals surface area contributed by atoms with Crippen molar-refractivity contribution < 1.29 is 17.4 Å². The van der Waals surface area contributed by atoms with Crippen molar-refractivity contribution in [3.63, 3.8) is 0 Å². The van der Waals surface area contributed by atoms with Gasteiger partial charge in [-0.2, -0.15) is 8.42 Å². The summed E-state index contributed by atoms with van der Waals surface area (Å²) in [6.07, 6.45) is 4.24. The highest BCUT2D eigenvalue weighted by Crippen LogP contribution is 2.38. The maximum Gasteiger partial charge on any atom is 0.261 e. The van der Waals surface area contributed by atoms with Crippen LogP contribution in [0.3, 0.4) is 0 Å². The lowest BCUT2D eigenvalue weighted by molar-refractivity contribution is 0.384. The molecule has 0 radical (unpaired) electrons. The van der Waals surface area contributed by atoms with Gasteiger partial charge in [-0.05, 0) is 43.0 Å². The quantitative estimate of drug-likeness (QED) is 0.729. The second-order valence-corrected chi connectivity index (χ2v) is 7.27. The molecule has 7 heteroatoms. The Morgan fingerprint density at radius 2 is 2.14 bits per heavy atom. The molecule has 1 aromatic carbocycles. The Kier molecular flexibility index (Phi) is 3.96. The number of halogens is 1. The number of aryl methyl sites for hydroxylation is 1. The number of aromatic nitrogens is 1. The molecule has 2 aromatic rings. The van der Waals surface area contributed by atoms with Crippen LogP contribution in [0, 0.1) is 5.82 Å². The minimum Gasteiger partial charge on any atom is -0.342 e. The van der Waals surface area contributed by atoms with Crippen LogP contribution in [-0.4, -0.2) is 30.3 Å². The van der Waals surface area contributed by atoms with Crippen LogP contribution in [0.4, 0.5) is 4.39 Å². The Hall–Kier alpha value is -1.44. The molecular formula is C15H19FN2O3S. The molecule has 5 nitrogen and oxygen atoms in total. The van der Waals surface area contributed by atoms with Gasteiger partial charge in [-0.25, -0.2) is 4.39 Å². The molecule has 2 N–H and O–H groups in total. The van der Waals surface area contributed by atoms with Crippen molar-refractivity contribution in [3.05, 3.63) is 35.3 Å². The van der Waals surface area contributed by atoms with Crippen LogP contribution in [0.1, 0.15) is 30.1 Å². The number of nitrogens with one attached hydrogen (secondary N) is 1. The Labute approximate surface area is 128 Å². The van der Waals surface area contributed by atoms with Gasteiger partial charge in [-0.1, -0.05) is 0 Å². The SMILES string of the molecule is CS(=O)(=O)O.Fc1ccc2c(c1)c1c3n2CCNC3CCC1. The molecule has 0 spiro atoms. The monoisotopic (exact) mass is 326 g/mol. The third kappa shape index (κ3) is 3.02. The van der Waals surface area contributed by atoms with E-state index < -0.39 is 10.1 Å². The molecule has 4 rings (SSSR count). The van der Waals surface area contributed by atoms with Gasteiger partial charge in [-0.15, -0.1) is 0 Å². The molecule has 2 aliphatic rings. The number of nitrogens with zero attached hydrogens (tertiary/aromatic N) is 1.